The van der Waals surface area contributed by atoms with E-state index in [1.807, 2.05) is 12.1 Å². The number of sulfonamides is 1. The number of hydrogen-bond donors (Lipinski definition) is 0. The number of thioether (sulfide) groups is 1. The van der Waals surface area contributed by atoms with Crippen LogP contribution in [-0.4, -0.2) is 31.6 Å². The van der Waals surface area contributed by atoms with Gasteiger partial charge in [0.2, 0.25) is 10.0 Å². The van der Waals surface area contributed by atoms with Crippen molar-refractivity contribution < 1.29 is 12.8 Å². The molecule has 1 fully saturated rings. The van der Waals surface area contributed by atoms with Crippen LogP contribution in [0, 0.1) is 0 Å². The molecule has 1 unspecified atom stereocenters. The molecule has 0 amide bonds. The maximum absolute atomic E-state index is 12.7. The van der Waals surface area contributed by atoms with Gasteiger partial charge in [-0.05, 0) is 42.8 Å². The number of halogens is 1. The van der Waals surface area contributed by atoms with E-state index in [1.165, 1.54) is 0 Å². The third-order valence-corrected chi connectivity index (χ3v) is 7.07. The number of nitrogens with zero attached hydrogens (tertiary/aromatic N) is 1. The third kappa shape index (κ3) is 3.35. The summed E-state index contributed by atoms with van der Waals surface area (Å²) in [4.78, 5) is 0.290. The summed E-state index contributed by atoms with van der Waals surface area (Å²) < 4.78 is 32.4. The maximum Gasteiger partial charge on any atom is 0.243 e. The predicted octanol–water partition coefficient (Wildman–Crippen LogP) is 3.80. The Morgan fingerprint density at radius 3 is 2.64 bits per heavy atom. The van der Waals surface area contributed by atoms with Crippen LogP contribution in [0.4, 0.5) is 0 Å². The lowest BCUT2D eigenvalue weighted by Crippen LogP contribution is -2.33. The molecule has 0 N–H and O–H groups in total. The minimum absolute atomic E-state index is 0.209. The summed E-state index contributed by atoms with van der Waals surface area (Å²) in [5, 5.41) is 0.740. The second-order valence-electron chi connectivity index (χ2n) is 5.02. The van der Waals surface area contributed by atoms with Crippen molar-refractivity contribution in [3.05, 3.63) is 53.4 Å². The zero-order valence-corrected chi connectivity index (χ0v) is 14.2. The molecule has 0 aliphatic carbocycles. The van der Waals surface area contributed by atoms with Gasteiger partial charge < -0.3 is 4.42 Å². The fourth-order valence-electron chi connectivity index (χ4n) is 2.45. The van der Waals surface area contributed by atoms with Crippen molar-refractivity contribution in [2.45, 2.75) is 16.6 Å². The topological polar surface area (TPSA) is 50.5 Å². The van der Waals surface area contributed by atoms with E-state index in [2.05, 4.69) is 0 Å². The van der Waals surface area contributed by atoms with Gasteiger partial charge in [-0.1, -0.05) is 11.6 Å². The van der Waals surface area contributed by atoms with E-state index in [0.29, 0.717) is 23.0 Å². The van der Waals surface area contributed by atoms with Crippen LogP contribution >= 0.6 is 23.4 Å². The van der Waals surface area contributed by atoms with E-state index in [-0.39, 0.29) is 5.25 Å². The second kappa shape index (κ2) is 6.66. The highest BCUT2D eigenvalue weighted by Gasteiger charge is 2.29. The van der Waals surface area contributed by atoms with Gasteiger partial charge in [0.15, 0.2) is 0 Å². The zero-order valence-electron chi connectivity index (χ0n) is 11.8. The Morgan fingerprint density at radius 1 is 1.18 bits per heavy atom. The van der Waals surface area contributed by atoms with E-state index in [1.54, 1.807) is 46.6 Å². The summed E-state index contributed by atoms with van der Waals surface area (Å²) in [5.74, 6) is 1.66. The number of rotatable bonds is 3. The van der Waals surface area contributed by atoms with Crippen molar-refractivity contribution in [3.8, 4) is 0 Å². The Kier molecular flexibility index (Phi) is 4.82. The molecule has 22 heavy (non-hydrogen) atoms. The molecule has 1 aromatic carbocycles. The standard InChI is InChI=1S/C15H16ClNO3S2/c16-12-3-5-13(6-4-12)22(18,19)17-8-7-15(21-11-9-17)14-2-1-10-20-14/h1-6,10,15H,7-9,11H2. The maximum atomic E-state index is 12.7. The predicted molar refractivity (Wildman–Crippen MR) is 88.7 cm³/mol. The zero-order chi connectivity index (χ0) is 15.6. The van der Waals surface area contributed by atoms with Crippen LogP contribution in [0.3, 0.4) is 0 Å². The van der Waals surface area contributed by atoms with Gasteiger partial charge in [-0.15, -0.1) is 11.8 Å². The van der Waals surface area contributed by atoms with Crippen molar-refractivity contribution in [2.75, 3.05) is 18.8 Å². The first-order valence-corrected chi connectivity index (χ1v) is 9.85. The number of benzene rings is 1. The molecule has 0 radical (unpaired) electrons. The number of hydrogen-bond acceptors (Lipinski definition) is 4. The Labute approximate surface area is 139 Å². The van der Waals surface area contributed by atoms with Gasteiger partial charge in [-0.3, -0.25) is 0 Å². The van der Waals surface area contributed by atoms with Gasteiger partial charge in [0, 0.05) is 23.9 Å². The van der Waals surface area contributed by atoms with Crippen LogP contribution in [-0.2, 0) is 10.0 Å². The molecule has 0 bridgehead atoms. The summed E-state index contributed by atoms with van der Waals surface area (Å²) in [6.07, 6.45) is 2.40. The monoisotopic (exact) mass is 357 g/mol. The van der Waals surface area contributed by atoms with Crippen molar-refractivity contribution >= 4 is 33.4 Å². The molecular weight excluding hydrogens is 342 g/mol. The lowest BCUT2D eigenvalue weighted by Gasteiger charge is -2.19. The lowest BCUT2D eigenvalue weighted by atomic mass is 10.2. The van der Waals surface area contributed by atoms with Crippen LogP contribution in [0.2, 0.25) is 5.02 Å². The summed E-state index contributed by atoms with van der Waals surface area (Å²) in [6.45, 7) is 0.996. The summed E-state index contributed by atoms with van der Waals surface area (Å²) in [5.41, 5.74) is 0. The van der Waals surface area contributed by atoms with Gasteiger partial charge in [-0.2, -0.15) is 4.31 Å². The Bertz CT molecular complexity index is 714. The first-order chi connectivity index (χ1) is 10.6. The quantitative estimate of drug-likeness (QED) is 0.838. The van der Waals surface area contributed by atoms with Gasteiger partial charge in [-0.25, -0.2) is 8.42 Å². The Hall–Kier alpha value is -0.950. The minimum atomic E-state index is -3.46. The highest BCUT2D eigenvalue weighted by molar-refractivity contribution is 7.99. The second-order valence-corrected chi connectivity index (χ2v) is 8.71. The molecule has 2 aromatic rings. The third-order valence-electron chi connectivity index (χ3n) is 3.61. The molecule has 0 saturated carbocycles. The molecule has 4 nitrogen and oxygen atoms in total. The van der Waals surface area contributed by atoms with Gasteiger partial charge >= 0.3 is 0 Å². The smallest absolute Gasteiger partial charge is 0.243 e. The van der Waals surface area contributed by atoms with E-state index in [9.17, 15) is 8.42 Å². The fraction of sp³-hybridized carbons (Fsp3) is 0.333. The SMILES string of the molecule is O=S(=O)(c1ccc(Cl)cc1)N1CCSC(c2ccco2)CC1. The van der Waals surface area contributed by atoms with Crippen LogP contribution in [0.1, 0.15) is 17.4 Å². The lowest BCUT2D eigenvalue weighted by molar-refractivity contribution is 0.417. The van der Waals surface area contributed by atoms with Crippen LogP contribution in [0.15, 0.2) is 52.0 Å². The molecule has 1 aromatic heterocycles. The summed E-state index contributed by atoms with van der Waals surface area (Å²) in [6, 6.07) is 10.1. The first kappa shape index (κ1) is 15.9. The summed E-state index contributed by atoms with van der Waals surface area (Å²) in [7, 11) is -3.46. The van der Waals surface area contributed by atoms with E-state index in [4.69, 9.17) is 16.0 Å². The van der Waals surface area contributed by atoms with Crippen LogP contribution in [0.5, 0.6) is 0 Å². The molecule has 118 valence electrons. The molecule has 3 rings (SSSR count). The van der Waals surface area contributed by atoms with E-state index in [0.717, 1.165) is 17.9 Å². The highest BCUT2D eigenvalue weighted by atomic mass is 35.5. The first-order valence-electron chi connectivity index (χ1n) is 6.98. The van der Waals surface area contributed by atoms with Crippen molar-refractivity contribution in [1.29, 1.82) is 0 Å². The molecular formula is C15H16ClNO3S2. The van der Waals surface area contributed by atoms with Crippen LogP contribution in [0.25, 0.3) is 0 Å². The molecule has 7 heteroatoms. The minimum Gasteiger partial charge on any atom is -0.468 e. The molecule has 1 aliphatic rings. The van der Waals surface area contributed by atoms with Crippen molar-refractivity contribution in [1.82, 2.24) is 4.31 Å². The van der Waals surface area contributed by atoms with Gasteiger partial charge in [0.05, 0.1) is 16.4 Å². The van der Waals surface area contributed by atoms with Gasteiger partial charge in [0.25, 0.3) is 0 Å². The van der Waals surface area contributed by atoms with Crippen LogP contribution < -0.4 is 0 Å². The largest absolute Gasteiger partial charge is 0.468 e. The highest BCUT2D eigenvalue weighted by Crippen LogP contribution is 2.35. The van der Waals surface area contributed by atoms with E-state index < -0.39 is 10.0 Å². The fourth-order valence-corrected chi connectivity index (χ4v) is 5.33. The van der Waals surface area contributed by atoms with E-state index >= 15 is 0 Å². The van der Waals surface area contributed by atoms with Gasteiger partial charge in [0.1, 0.15) is 5.76 Å². The normalized spacial score (nSPS) is 20.7. The number of furan rings is 1. The molecule has 2 heterocycles. The molecule has 1 aliphatic heterocycles. The average molecular weight is 358 g/mol. The molecule has 1 atom stereocenters. The molecule has 1 saturated heterocycles. The average Bonchev–Trinajstić information content (AvgIpc) is 2.92. The molecule has 0 spiro atoms. The summed E-state index contributed by atoms with van der Waals surface area (Å²) >= 11 is 7.57. The Morgan fingerprint density at radius 2 is 1.95 bits per heavy atom. The van der Waals surface area contributed by atoms with Crippen molar-refractivity contribution in [2.24, 2.45) is 0 Å². The Balaban J connectivity index is 1.76. The van der Waals surface area contributed by atoms with Crippen molar-refractivity contribution in [3.63, 3.8) is 0 Å².